The monoisotopic (exact) mass is 405 g/mol. The molecule has 0 saturated carbocycles. The highest BCUT2D eigenvalue weighted by atomic mass is 19.1. The molecule has 8 heteroatoms. The van der Waals surface area contributed by atoms with Gasteiger partial charge in [0, 0.05) is 23.8 Å². The number of rotatable bonds is 4. The van der Waals surface area contributed by atoms with Gasteiger partial charge >= 0.3 is 5.97 Å². The van der Waals surface area contributed by atoms with Crippen molar-refractivity contribution in [2.24, 2.45) is 0 Å². The van der Waals surface area contributed by atoms with Crippen LogP contribution >= 0.6 is 0 Å². The van der Waals surface area contributed by atoms with Crippen LogP contribution in [0.5, 0.6) is 11.5 Å². The molecule has 0 saturated heterocycles. The van der Waals surface area contributed by atoms with E-state index in [9.17, 15) is 24.1 Å². The van der Waals surface area contributed by atoms with Gasteiger partial charge in [-0.3, -0.25) is 14.9 Å². The molecule has 1 aliphatic rings. The van der Waals surface area contributed by atoms with Crippen molar-refractivity contribution < 1.29 is 28.4 Å². The van der Waals surface area contributed by atoms with Gasteiger partial charge in [0.1, 0.15) is 17.3 Å². The van der Waals surface area contributed by atoms with E-state index in [4.69, 9.17) is 9.47 Å². The number of Topliss-reactive ketones (excluding diaryl/α,β-unsaturated/α-hetero) is 1. The number of allylic oxidation sites excluding steroid dienone is 1. The lowest BCUT2D eigenvalue weighted by atomic mass is 10.1. The smallest absolute Gasteiger partial charge is 0.343 e. The molecule has 4 rings (SSSR count). The van der Waals surface area contributed by atoms with E-state index in [0.717, 1.165) is 6.07 Å². The average Bonchev–Trinajstić information content (AvgIpc) is 3.04. The van der Waals surface area contributed by atoms with Crippen LogP contribution in [0.2, 0.25) is 0 Å². The first-order chi connectivity index (χ1) is 14.4. The fraction of sp³-hybridized carbons (Fsp3) is 0. The van der Waals surface area contributed by atoms with Gasteiger partial charge in [0.05, 0.1) is 16.1 Å². The largest absolute Gasteiger partial charge is 0.452 e. The maximum atomic E-state index is 13.8. The van der Waals surface area contributed by atoms with E-state index in [1.165, 1.54) is 60.7 Å². The van der Waals surface area contributed by atoms with E-state index in [-0.39, 0.29) is 39.6 Å². The molecule has 0 bridgehead atoms. The van der Waals surface area contributed by atoms with E-state index < -0.39 is 22.5 Å². The summed E-state index contributed by atoms with van der Waals surface area (Å²) in [6.45, 7) is 0. The first kappa shape index (κ1) is 19.0. The van der Waals surface area contributed by atoms with Gasteiger partial charge in [-0.05, 0) is 30.3 Å². The number of hydrogen-bond donors (Lipinski definition) is 0. The number of nitro groups is 1. The summed E-state index contributed by atoms with van der Waals surface area (Å²) in [5.74, 6) is -1.53. The lowest BCUT2D eigenvalue weighted by molar-refractivity contribution is -0.384. The second-order valence-electron chi connectivity index (χ2n) is 6.32. The number of nitrogens with zero attached hydrogens (tertiary/aromatic N) is 1. The third kappa shape index (κ3) is 3.66. The van der Waals surface area contributed by atoms with E-state index in [1.807, 2.05) is 0 Å². The minimum absolute atomic E-state index is 0.00170. The summed E-state index contributed by atoms with van der Waals surface area (Å²) in [4.78, 5) is 35.0. The number of non-ortho nitro benzene ring substituents is 1. The molecule has 0 amide bonds. The van der Waals surface area contributed by atoms with Gasteiger partial charge < -0.3 is 9.47 Å². The zero-order valence-electron chi connectivity index (χ0n) is 15.2. The maximum absolute atomic E-state index is 13.8. The molecule has 0 aromatic heterocycles. The van der Waals surface area contributed by atoms with Crippen LogP contribution in [0.15, 0.2) is 72.5 Å². The highest BCUT2D eigenvalue weighted by Gasteiger charge is 2.28. The van der Waals surface area contributed by atoms with Crippen LogP contribution in [0, 0.1) is 15.9 Å². The number of fused-ring (bicyclic) bond motifs is 1. The molecule has 30 heavy (non-hydrogen) atoms. The second kappa shape index (κ2) is 7.59. The first-order valence-electron chi connectivity index (χ1n) is 8.72. The molecule has 3 aromatic carbocycles. The van der Waals surface area contributed by atoms with Crippen LogP contribution in [0.4, 0.5) is 10.1 Å². The number of hydrogen-bond acceptors (Lipinski definition) is 6. The van der Waals surface area contributed by atoms with Crippen molar-refractivity contribution in [1.82, 2.24) is 0 Å². The third-order valence-electron chi connectivity index (χ3n) is 4.34. The fourth-order valence-corrected chi connectivity index (χ4v) is 2.88. The number of benzene rings is 3. The Morgan fingerprint density at radius 1 is 1.07 bits per heavy atom. The van der Waals surface area contributed by atoms with Gasteiger partial charge in [-0.2, -0.15) is 0 Å². The molecule has 0 aliphatic carbocycles. The summed E-state index contributed by atoms with van der Waals surface area (Å²) in [5.41, 5.74) is 0.204. The number of carbonyl (C=O) groups excluding carboxylic acids is 2. The van der Waals surface area contributed by atoms with Gasteiger partial charge in [-0.1, -0.05) is 24.3 Å². The highest BCUT2D eigenvalue weighted by Crippen LogP contribution is 2.35. The van der Waals surface area contributed by atoms with E-state index in [0.29, 0.717) is 0 Å². The molecule has 0 radical (unpaired) electrons. The zero-order valence-corrected chi connectivity index (χ0v) is 15.2. The second-order valence-corrected chi connectivity index (χ2v) is 6.32. The molecule has 0 spiro atoms. The van der Waals surface area contributed by atoms with Crippen LogP contribution in [0.3, 0.4) is 0 Å². The summed E-state index contributed by atoms with van der Waals surface area (Å²) in [6.07, 6.45) is 1.30. The summed E-state index contributed by atoms with van der Waals surface area (Å²) in [6, 6.07) is 15.2. The molecule has 0 N–H and O–H groups in total. The zero-order chi connectivity index (χ0) is 21.3. The van der Waals surface area contributed by atoms with Crippen LogP contribution in [-0.2, 0) is 0 Å². The normalized spacial score (nSPS) is 13.6. The van der Waals surface area contributed by atoms with Crippen molar-refractivity contribution in [2.75, 3.05) is 0 Å². The predicted octanol–water partition coefficient (Wildman–Crippen LogP) is 4.57. The minimum atomic E-state index is -0.801. The number of halogens is 1. The molecule has 0 atom stereocenters. The van der Waals surface area contributed by atoms with E-state index in [2.05, 4.69) is 0 Å². The van der Waals surface area contributed by atoms with Crippen LogP contribution in [-0.4, -0.2) is 16.7 Å². The Hall–Kier alpha value is -4.33. The van der Waals surface area contributed by atoms with Gasteiger partial charge in [-0.25, -0.2) is 9.18 Å². The number of carbonyl (C=O) groups is 2. The molecule has 0 unspecified atom stereocenters. The Morgan fingerprint density at radius 3 is 2.63 bits per heavy atom. The summed E-state index contributed by atoms with van der Waals surface area (Å²) >= 11 is 0. The summed E-state index contributed by atoms with van der Waals surface area (Å²) in [7, 11) is 0. The molecule has 148 valence electrons. The number of ketones is 1. The van der Waals surface area contributed by atoms with Crippen LogP contribution < -0.4 is 9.47 Å². The van der Waals surface area contributed by atoms with Crippen LogP contribution in [0.1, 0.15) is 26.3 Å². The van der Waals surface area contributed by atoms with Crippen molar-refractivity contribution in [3.63, 3.8) is 0 Å². The van der Waals surface area contributed by atoms with Gasteiger partial charge in [0.15, 0.2) is 5.76 Å². The van der Waals surface area contributed by atoms with E-state index in [1.54, 1.807) is 6.07 Å². The van der Waals surface area contributed by atoms with Crippen LogP contribution in [0.25, 0.3) is 6.08 Å². The third-order valence-corrected chi connectivity index (χ3v) is 4.34. The number of esters is 1. The molecule has 7 nitrogen and oxygen atoms in total. The quantitative estimate of drug-likeness (QED) is 0.207. The Balaban J connectivity index is 1.56. The SMILES string of the molecule is O=C(Oc1ccc2c(c1)O/C(=C/c1ccccc1F)C2=O)c1cccc([N+](=O)[O-])c1. The average molecular weight is 405 g/mol. The number of ether oxygens (including phenoxy) is 2. The lowest BCUT2D eigenvalue weighted by Gasteiger charge is -2.05. The first-order valence-corrected chi connectivity index (χ1v) is 8.72. The minimum Gasteiger partial charge on any atom is -0.452 e. The van der Waals surface area contributed by atoms with Gasteiger partial charge in [0.2, 0.25) is 5.78 Å². The molecular formula is C22H12FNO6. The molecule has 1 heterocycles. The molecule has 1 aliphatic heterocycles. The van der Waals surface area contributed by atoms with Gasteiger partial charge in [0.25, 0.3) is 5.69 Å². The Morgan fingerprint density at radius 2 is 1.87 bits per heavy atom. The van der Waals surface area contributed by atoms with E-state index >= 15 is 0 Å². The van der Waals surface area contributed by atoms with Crippen molar-refractivity contribution in [2.45, 2.75) is 0 Å². The van der Waals surface area contributed by atoms with Crippen molar-refractivity contribution in [3.8, 4) is 11.5 Å². The molecular weight excluding hydrogens is 393 g/mol. The Kier molecular flexibility index (Phi) is 4.81. The summed E-state index contributed by atoms with van der Waals surface area (Å²) < 4.78 is 24.6. The molecule has 3 aromatic rings. The summed E-state index contributed by atoms with van der Waals surface area (Å²) in [5, 5.41) is 10.9. The van der Waals surface area contributed by atoms with Crippen molar-refractivity contribution >= 4 is 23.5 Å². The lowest BCUT2D eigenvalue weighted by Crippen LogP contribution is -2.08. The topological polar surface area (TPSA) is 95.7 Å². The number of nitro benzene ring substituents is 1. The Labute approximate surface area is 169 Å². The highest BCUT2D eigenvalue weighted by molar-refractivity contribution is 6.14. The fourth-order valence-electron chi connectivity index (χ4n) is 2.88. The Bertz CT molecular complexity index is 1230. The molecule has 0 fully saturated rings. The maximum Gasteiger partial charge on any atom is 0.343 e. The van der Waals surface area contributed by atoms with Crippen molar-refractivity contribution in [1.29, 1.82) is 0 Å². The van der Waals surface area contributed by atoms with Gasteiger partial charge in [-0.15, -0.1) is 0 Å². The predicted molar refractivity (Wildman–Crippen MR) is 104 cm³/mol. The standard InChI is InChI=1S/C22H12FNO6/c23-18-7-2-1-4-13(18)11-20-21(25)17-9-8-16(12-19(17)30-20)29-22(26)14-5-3-6-15(10-14)24(27)28/h1-12H/b20-11+. The van der Waals surface area contributed by atoms with Crippen molar-refractivity contribution in [3.05, 3.63) is 105 Å².